The Morgan fingerprint density at radius 1 is 1.27 bits per heavy atom. The van der Waals surface area contributed by atoms with E-state index < -0.39 is 0 Å². The number of hydrogen-bond acceptors (Lipinski definition) is 1. The molecule has 1 aromatic carbocycles. The maximum atomic E-state index is 11.2. The molecule has 1 aliphatic heterocycles. The van der Waals surface area contributed by atoms with Gasteiger partial charge in [-0.1, -0.05) is 18.2 Å². The second-order valence-electron chi connectivity index (χ2n) is 4.54. The molecule has 1 unspecified atom stereocenters. The molecule has 1 amide bonds. The molecule has 1 N–H and O–H groups in total. The third-order valence-corrected chi connectivity index (χ3v) is 3.60. The lowest BCUT2D eigenvalue weighted by Crippen LogP contribution is -2.13. The molecule has 78 valence electrons. The first-order valence-electron chi connectivity index (χ1n) is 5.72. The Morgan fingerprint density at radius 3 is 3.00 bits per heavy atom. The van der Waals surface area contributed by atoms with Gasteiger partial charge in [0.2, 0.25) is 5.91 Å². The Bertz CT molecular complexity index is 411. The van der Waals surface area contributed by atoms with Crippen molar-refractivity contribution in [2.24, 2.45) is 0 Å². The van der Waals surface area contributed by atoms with E-state index in [0.717, 1.165) is 6.54 Å². The van der Waals surface area contributed by atoms with E-state index in [9.17, 15) is 4.79 Å². The molecule has 3 rings (SSSR count). The standard InChI is InChI=1S/C13H15NO/c15-13-7-10(8-14-13)12-6-2-4-9-3-1-5-11(9)12/h2,4,6,10H,1,3,5,7-8H2,(H,14,15). The van der Waals surface area contributed by atoms with Crippen LogP contribution in [0.5, 0.6) is 0 Å². The van der Waals surface area contributed by atoms with E-state index in [1.807, 2.05) is 0 Å². The van der Waals surface area contributed by atoms with Gasteiger partial charge in [-0.25, -0.2) is 0 Å². The maximum Gasteiger partial charge on any atom is 0.220 e. The molecule has 0 spiro atoms. The predicted octanol–water partition coefficient (Wildman–Crippen LogP) is 1.78. The highest BCUT2D eigenvalue weighted by atomic mass is 16.1. The van der Waals surface area contributed by atoms with Crippen molar-refractivity contribution in [3.05, 3.63) is 34.9 Å². The molecule has 0 bridgehead atoms. The van der Waals surface area contributed by atoms with Crippen molar-refractivity contribution in [1.82, 2.24) is 5.32 Å². The Kier molecular flexibility index (Phi) is 2.01. The SMILES string of the molecule is O=C1CC(c2cccc3c2CCC3)CN1. The van der Waals surface area contributed by atoms with Crippen LogP contribution in [0.1, 0.15) is 35.4 Å². The summed E-state index contributed by atoms with van der Waals surface area (Å²) in [6.45, 7) is 0.829. The van der Waals surface area contributed by atoms with Gasteiger partial charge < -0.3 is 5.32 Å². The smallest absolute Gasteiger partial charge is 0.220 e. The first kappa shape index (κ1) is 8.96. The summed E-state index contributed by atoms with van der Waals surface area (Å²) in [6, 6.07) is 6.58. The zero-order valence-corrected chi connectivity index (χ0v) is 8.75. The molecule has 1 saturated heterocycles. The van der Waals surface area contributed by atoms with Crippen LogP contribution in [-0.2, 0) is 17.6 Å². The van der Waals surface area contributed by atoms with Crippen LogP contribution in [0.2, 0.25) is 0 Å². The van der Waals surface area contributed by atoms with Crippen LogP contribution in [0.15, 0.2) is 18.2 Å². The highest BCUT2D eigenvalue weighted by Gasteiger charge is 2.26. The normalized spacial score (nSPS) is 24.0. The van der Waals surface area contributed by atoms with Crippen LogP contribution in [0.25, 0.3) is 0 Å². The van der Waals surface area contributed by atoms with E-state index >= 15 is 0 Å². The van der Waals surface area contributed by atoms with Gasteiger partial charge in [-0.3, -0.25) is 4.79 Å². The number of aryl methyl sites for hydroxylation is 1. The third kappa shape index (κ3) is 1.44. The van der Waals surface area contributed by atoms with E-state index in [4.69, 9.17) is 0 Å². The molecular weight excluding hydrogens is 186 g/mol. The van der Waals surface area contributed by atoms with Crippen molar-refractivity contribution in [2.75, 3.05) is 6.54 Å². The van der Waals surface area contributed by atoms with Gasteiger partial charge >= 0.3 is 0 Å². The summed E-state index contributed by atoms with van der Waals surface area (Å²) in [6.07, 6.45) is 4.38. The molecule has 2 heteroatoms. The lowest BCUT2D eigenvalue weighted by atomic mass is 9.91. The minimum atomic E-state index is 0.204. The summed E-state index contributed by atoms with van der Waals surface area (Å²) in [7, 11) is 0. The van der Waals surface area contributed by atoms with Crippen molar-refractivity contribution < 1.29 is 4.79 Å². The van der Waals surface area contributed by atoms with E-state index in [1.54, 1.807) is 0 Å². The molecule has 0 saturated carbocycles. The van der Waals surface area contributed by atoms with Crippen LogP contribution in [0.4, 0.5) is 0 Å². The van der Waals surface area contributed by atoms with Crippen LogP contribution in [0, 0.1) is 0 Å². The second kappa shape index (κ2) is 3.37. The number of fused-ring (bicyclic) bond motifs is 1. The lowest BCUT2D eigenvalue weighted by molar-refractivity contribution is -0.119. The molecule has 1 aliphatic carbocycles. The monoisotopic (exact) mass is 201 g/mol. The number of hydrogen-bond donors (Lipinski definition) is 1. The van der Waals surface area contributed by atoms with Crippen molar-refractivity contribution in [3.8, 4) is 0 Å². The molecule has 1 heterocycles. The van der Waals surface area contributed by atoms with Crippen LogP contribution in [0.3, 0.4) is 0 Å². The molecular formula is C13H15NO. The Labute approximate surface area is 89.7 Å². The predicted molar refractivity (Wildman–Crippen MR) is 58.8 cm³/mol. The Balaban J connectivity index is 1.98. The highest BCUT2D eigenvalue weighted by molar-refractivity contribution is 5.79. The van der Waals surface area contributed by atoms with E-state index in [0.29, 0.717) is 12.3 Å². The summed E-state index contributed by atoms with van der Waals surface area (Å²) >= 11 is 0. The largest absolute Gasteiger partial charge is 0.355 e. The highest BCUT2D eigenvalue weighted by Crippen LogP contribution is 2.32. The van der Waals surface area contributed by atoms with Gasteiger partial charge in [0.05, 0.1) is 0 Å². The van der Waals surface area contributed by atoms with Crippen LogP contribution in [-0.4, -0.2) is 12.5 Å². The third-order valence-electron chi connectivity index (χ3n) is 3.60. The summed E-state index contributed by atoms with van der Waals surface area (Å²) in [5, 5.41) is 2.92. The average Bonchev–Trinajstić information content (AvgIpc) is 2.84. The zero-order chi connectivity index (χ0) is 10.3. The molecule has 15 heavy (non-hydrogen) atoms. The van der Waals surface area contributed by atoms with Crippen molar-refractivity contribution in [3.63, 3.8) is 0 Å². The Hall–Kier alpha value is -1.31. The molecule has 2 aliphatic rings. The van der Waals surface area contributed by atoms with E-state index in [-0.39, 0.29) is 5.91 Å². The first-order valence-corrected chi connectivity index (χ1v) is 5.72. The number of carbonyl (C=O) groups excluding carboxylic acids is 1. The minimum Gasteiger partial charge on any atom is -0.355 e. The van der Waals surface area contributed by atoms with Gasteiger partial charge in [0, 0.05) is 18.9 Å². The van der Waals surface area contributed by atoms with Crippen LogP contribution < -0.4 is 5.32 Å². The molecule has 2 nitrogen and oxygen atoms in total. The summed E-state index contributed by atoms with van der Waals surface area (Å²) in [4.78, 5) is 11.2. The fourth-order valence-corrected chi connectivity index (χ4v) is 2.86. The van der Waals surface area contributed by atoms with Gasteiger partial charge in [-0.05, 0) is 36.0 Å². The lowest BCUT2D eigenvalue weighted by Gasteiger charge is -2.13. The number of rotatable bonds is 1. The fourth-order valence-electron chi connectivity index (χ4n) is 2.86. The molecule has 1 fully saturated rings. The molecule has 1 aromatic rings. The second-order valence-corrected chi connectivity index (χ2v) is 4.54. The average molecular weight is 201 g/mol. The summed E-state index contributed by atoms with van der Waals surface area (Å²) in [5.41, 5.74) is 4.45. The van der Waals surface area contributed by atoms with Crippen molar-refractivity contribution >= 4 is 5.91 Å². The van der Waals surface area contributed by atoms with E-state index in [2.05, 4.69) is 23.5 Å². The maximum absolute atomic E-state index is 11.2. The van der Waals surface area contributed by atoms with Gasteiger partial charge in [-0.2, -0.15) is 0 Å². The van der Waals surface area contributed by atoms with Gasteiger partial charge in [0.1, 0.15) is 0 Å². The van der Waals surface area contributed by atoms with Gasteiger partial charge in [0.15, 0.2) is 0 Å². The number of benzene rings is 1. The van der Waals surface area contributed by atoms with Crippen molar-refractivity contribution in [1.29, 1.82) is 0 Å². The first-order chi connectivity index (χ1) is 7.34. The Morgan fingerprint density at radius 2 is 2.20 bits per heavy atom. The molecule has 1 atom stereocenters. The van der Waals surface area contributed by atoms with E-state index in [1.165, 1.54) is 36.0 Å². The van der Waals surface area contributed by atoms with Gasteiger partial charge in [0.25, 0.3) is 0 Å². The fraction of sp³-hybridized carbons (Fsp3) is 0.462. The number of carbonyl (C=O) groups is 1. The van der Waals surface area contributed by atoms with Crippen LogP contribution >= 0.6 is 0 Å². The summed E-state index contributed by atoms with van der Waals surface area (Å²) in [5.74, 6) is 0.626. The van der Waals surface area contributed by atoms with Gasteiger partial charge in [-0.15, -0.1) is 0 Å². The topological polar surface area (TPSA) is 29.1 Å². The number of amides is 1. The number of nitrogens with one attached hydrogen (secondary N) is 1. The van der Waals surface area contributed by atoms with Crippen molar-refractivity contribution in [2.45, 2.75) is 31.6 Å². The quantitative estimate of drug-likeness (QED) is 0.737. The molecule has 0 radical (unpaired) electrons. The molecule has 0 aromatic heterocycles. The zero-order valence-electron chi connectivity index (χ0n) is 8.75. The minimum absolute atomic E-state index is 0.204. The summed E-state index contributed by atoms with van der Waals surface area (Å²) < 4.78 is 0.